The lowest BCUT2D eigenvalue weighted by molar-refractivity contribution is 0.416. The number of hydrogen-bond acceptors (Lipinski definition) is 1. The van der Waals surface area contributed by atoms with Crippen LogP contribution in [0.25, 0.3) is 10.9 Å². The van der Waals surface area contributed by atoms with Gasteiger partial charge in [-0.1, -0.05) is 12.1 Å². The van der Waals surface area contributed by atoms with E-state index in [2.05, 4.69) is 34.6 Å². The van der Waals surface area contributed by atoms with E-state index >= 15 is 0 Å². The molecule has 94 valence electrons. The molecule has 2 heteroatoms. The molecule has 2 saturated carbocycles. The lowest BCUT2D eigenvalue weighted by Crippen LogP contribution is -2.32. The van der Waals surface area contributed by atoms with Gasteiger partial charge in [-0.3, -0.25) is 0 Å². The first kappa shape index (κ1) is 10.6. The zero-order chi connectivity index (χ0) is 11.9. The second-order valence-electron chi connectivity index (χ2n) is 5.98. The average Bonchev–Trinajstić information content (AvgIpc) is 3.29. The van der Waals surface area contributed by atoms with Gasteiger partial charge in [0.05, 0.1) is 0 Å². The summed E-state index contributed by atoms with van der Waals surface area (Å²) < 4.78 is 0. The molecule has 0 bridgehead atoms. The second kappa shape index (κ2) is 4.13. The quantitative estimate of drug-likeness (QED) is 0.823. The molecule has 0 unspecified atom stereocenters. The minimum absolute atomic E-state index is 0.796. The molecule has 2 aromatic rings. The first-order valence-electron chi connectivity index (χ1n) is 7.19. The van der Waals surface area contributed by atoms with Crippen LogP contribution in [-0.4, -0.2) is 11.0 Å². The predicted octanol–water partition coefficient (Wildman–Crippen LogP) is 3.45. The van der Waals surface area contributed by atoms with Crippen molar-refractivity contribution in [1.29, 1.82) is 0 Å². The van der Waals surface area contributed by atoms with Crippen molar-refractivity contribution in [2.45, 2.75) is 38.3 Å². The Hall–Kier alpha value is -1.28. The molecular formula is C16H20N2. The van der Waals surface area contributed by atoms with Crippen LogP contribution in [0.3, 0.4) is 0 Å². The first-order valence-corrected chi connectivity index (χ1v) is 7.19. The van der Waals surface area contributed by atoms with Crippen molar-refractivity contribution in [3.05, 3.63) is 36.0 Å². The van der Waals surface area contributed by atoms with E-state index in [1.807, 2.05) is 6.20 Å². The van der Waals surface area contributed by atoms with Crippen molar-refractivity contribution in [3.63, 3.8) is 0 Å². The highest BCUT2D eigenvalue weighted by Crippen LogP contribution is 2.44. The third kappa shape index (κ3) is 2.05. The van der Waals surface area contributed by atoms with Crippen LogP contribution in [0.2, 0.25) is 0 Å². The molecule has 2 aliphatic rings. The van der Waals surface area contributed by atoms with Gasteiger partial charge >= 0.3 is 0 Å². The van der Waals surface area contributed by atoms with E-state index in [0.717, 1.165) is 24.4 Å². The van der Waals surface area contributed by atoms with E-state index < -0.39 is 0 Å². The molecular weight excluding hydrogens is 220 g/mol. The van der Waals surface area contributed by atoms with E-state index in [9.17, 15) is 0 Å². The Morgan fingerprint density at radius 2 is 1.89 bits per heavy atom. The molecule has 0 saturated heterocycles. The SMILES string of the molecule is c1cc2ccc(CNC(C3CC3)C3CC3)cc2[nH]1. The van der Waals surface area contributed by atoms with E-state index in [1.165, 1.54) is 42.1 Å². The molecule has 18 heavy (non-hydrogen) atoms. The number of aromatic nitrogens is 1. The zero-order valence-electron chi connectivity index (χ0n) is 10.7. The Morgan fingerprint density at radius 1 is 1.11 bits per heavy atom. The number of benzene rings is 1. The molecule has 2 aliphatic carbocycles. The molecule has 0 radical (unpaired) electrons. The fourth-order valence-corrected chi connectivity index (χ4v) is 3.07. The van der Waals surface area contributed by atoms with Gasteiger partial charge in [-0.25, -0.2) is 0 Å². The second-order valence-corrected chi connectivity index (χ2v) is 5.98. The van der Waals surface area contributed by atoms with E-state index in [-0.39, 0.29) is 0 Å². The zero-order valence-corrected chi connectivity index (χ0v) is 10.7. The van der Waals surface area contributed by atoms with Crippen LogP contribution in [-0.2, 0) is 6.54 Å². The highest BCUT2D eigenvalue weighted by atomic mass is 14.9. The average molecular weight is 240 g/mol. The van der Waals surface area contributed by atoms with Gasteiger partial charge < -0.3 is 10.3 Å². The Morgan fingerprint density at radius 3 is 2.61 bits per heavy atom. The molecule has 4 rings (SSSR count). The van der Waals surface area contributed by atoms with Crippen LogP contribution in [0.1, 0.15) is 31.2 Å². The summed E-state index contributed by atoms with van der Waals surface area (Å²) >= 11 is 0. The number of rotatable bonds is 5. The molecule has 2 N–H and O–H groups in total. The summed E-state index contributed by atoms with van der Waals surface area (Å²) in [5.74, 6) is 1.96. The maximum atomic E-state index is 3.80. The molecule has 1 aromatic heterocycles. The van der Waals surface area contributed by atoms with E-state index in [4.69, 9.17) is 0 Å². The van der Waals surface area contributed by atoms with Gasteiger partial charge in [0, 0.05) is 24.3 Å². The van der Waals surface area contributed by atoms with Gasteiger partial charge in [0.1, 0.15) is 0 Å². The summed E-state index contributed by atoms with van der Waals surface area (Å²) in [5.41, 5.74) is 2.65. The maximum Gasteiger partial charge on any atom is 0.0457 e. The number of hydrogen-bond donors (Lipinski definition) is 2. The third-order valence-corrected chi connectivity index (χ3v) is 4.42. The monoisotopic (exact) mass is 240 g/mol. The van der Waals surface area contributed by atoms with Crippen molar-refractivity contribution < 1.29 is 0 Å². The highest BCUT2D eigenvalue weighted by Gasteiger charge is 2.40. The summed E-state index contributed by atoms with van der Waals surface area (Å²) in [5, 5.41) is 5.11. The summed E-state index contributed by atoms with van der Waals surface area (Å²) in [6.07, 6.45) is 7.81. The smallest absolute Gasteiger partial charge is 0.0457 e. The lowest BCUT2D eigenvalue weighted by Gasteiger charge is -2.17. The predicted molar refractivity (Wildman–Crippen MR) is 74.4 cm³/mol. The largest absolute Gasteiger partial charge is 0.361 e. The van der Waals surface area contributed by atoms with Crippen LogP contribution in [0, 0.1) is 11.8 Å². The first-order chi connectivity index (χ1) is 8.90. The number of fused-ring (bicyclic) bond motifs is 1. The van der Waals surface area contributed by atoms with Gasteiger partial charge in [-0.2, -0.15) is 0 Å². The Balaban J connectivity index is 1.46. The molecule has 2 nitrogen and oxygen atoms in total. The van der Waals surface area contributed by atoms with Crippen LogP contribution in [0.15, 0.2) is 30.5 Å². The third-order valence-electron chi connectivity index (χ3n) is 4.42. The van der Waals surface area contributed by atoms with Crippen molar-refractivity contribution in [2.24, 2.45) is 11.8 Å². The Labute approximate surface area is 108 Å². The van der Waals surface area contributed by atoms with Crippen molar-refractivity contribution in [1.82, 2.24) is 10.3 Å². The molecule has 0 aliphatic heterocycles. The summed E-state index contributed by atoms with van der Waals surface area (Å²) in [6, 6.07) is 9.67. The number of aromatic amines is 1. The number of nitrogens with one attached hydrogen (secondary N) is 2. The number of H-pyrrole nitrogens is 1. The van der Waals surface area contributed by atoms with Gasteiger partial charge in [0.25, 0.3) is 0 Å². The van der Waals surface area contributed by atoms with Crippen molar-refractivity contribution >= 4 is 10.9 Å². The van der Waals surface area contributed by atoms with E-state index in [0.29, 0.717) is 0 Å². The molecule has 2 fully saturated rings. The lowest BCUT2D eigenvalue weighted by atomic mass is 10.1. The minimum Gasteiger partial charge on any atom is -0.361 e. The topological polar surface area (TPSA) is 27.8 Å². The van der Waals surface area contributed by atoms with Crippen LogP contribution in [0.4, 0.5) is 0 Å². The van der Waals surface area contributed by atoms with Gasteiger partial charge in [-0.15, -0.1) is 0 Å². The molecule has 1 aromatic carbocycles. The standard InChI is InChI=1S/C16H20N2/c1-2-12-7-8-17-15(12)9-11(1)10-18-16(13-3-4-13)14-5-6-14/h1-2,7-9,13-14,16-18H,3-6,10H2. The maximum absolute atomic E-state index is 3.80. The molecule has 0 amide bonds. The minimum atomic E-state index is 0.796. The fraction of sp³-hybridized carbons (Fsp3) is 0.500. The fourth-order valence-electron chi connectivity index (χ4n) is 3.07. The molecule has 0 atom stereocenters. The summed E-state index contributed by atoms with van der Waals surface area (Å²) in [7, 11) is 0. The van der Waals surface area contributed by atoms with Crippen LogP contribution in [0.5, 0.6) is 0 Å². The summed E-state index contributed by atoms with van der Waals surface area (Å²) in [6.45, 7) is 1.02. The van der Waals surface area contributed by atoms with Gasteiger partial charge in [0.2, 0.25) is 0 Å². The van der Waals surface area contributed by atoms with Crippen molar-refractivity contribution in [3.8, 4) is 0 Å². The highest BCUT2D eigenvalue weighted by molar-refractivity contribution is 5.79. The van der Waals surface area contributed by atoms with Crippen molar-refractivity contribution in [2.75, 3.05) is 0 Å². The van der Waals surface area contributed by atoms with Gasteiger partial charge in [0.15, 0.2) is 0 Å². The molecule has 1 heterocycles. The Kier molecular flexibility index (Phi) is 2.44. The van der Waals surface area contributed by atoms with Gasteiger partial charge in [-0.05, 0) is 60.6 Å². The molecule has 0 spiro atoms. The normalized spacial score (nSPS) is 19.8. The van der Waals surface area contributed by atoms with Crippen LogP contribution >= 0.6 is 0 Å². The van der Waals surface area contributed by atoms with E-state index in [1.54, 1.807) is 0 Å². The Bertz CT molecular complexity index is 537. The van der Waals surface area contributed by atoms with Crippen LogP contribution < -0.4 is 5.32 Å². The summed E-state index contributed by atoms with van der Waals surface area (Å²) in [4.78, 5) is 3.29.